The Kier molecular flexibility index (Phi) is 4.92. The van der Waals surface area contributed by atoms with E-state index in [0.29, 0.717) is 5.69 Å². The van der Waals surface area contributed by atoms with Crippen LogP contribution in [0.3, 0.4) is 0 Å². The molecule has 0 bridgehead atoms. The molecule has 13 heavy (non-hydrogen) atoms. The van der Waals surface area contributed by atoms with Crippen LogP contribution in [0.25, 0.3) is 0 Å². The summed E-state index contributed by atoms with van der Waals surface area (Å²) < 4.78 is 0. The Morgan fingerprint density at radius 2 is 2.00 bits per heavy atom. The third-order valence-electron chi connectivity index (χ3n) is 1.22. The molecule has 4 heteroatoms. The van der Waals surface area contributed by atoms with E-state index in [-0.39, 0.29) is 10.6 Å². The van der Waals surface area contributed by atoms with Crippen molar-refractivity contribution < 1.29 is 9.90 Å². The molecule has 1 aromatic carbocycles. The zero-order chi connectivity index (χ0) is 10.4. The first-order valence-corrected chi connectivity index (χ1v) is 4.27. The summed E-state index contributed by atoms with van der Waals surface area (Å²) in [6.07, 6.45) is 0. The first-order chi connectivity index (χ1) is 6.11. The van der Waals surface area contributed by atoms with Gasteiger partial charge in [0, 0.05) is 5.69 Å². The number of hydrogen-bond donors (Lipinski definition) is 2. The topological polar surface area (TPSA) is 63.3 Å². The number of carboxylic acids is 1. The van der Waals surface area contributed by atoms with Crippen LogP contribution in [0.2, 0.25) is 5.02 Å². The van der Waals surface area contributed by atoms with Gasteiger partial charge >= 0.3 is 5.97 Å². The predicted molar refractivity (Wildman–Crippen MR) is 54.2 cm³/mol. The van der Waals surface area contributed by atoms with Crippen molar-refractivity contribution >= 4 is 23.3 Å². The zero-order valence-corrected chi connectivity index (χ0v) is 8.30. The third kappa shape index (κ3) is 3.34. The lowest BCUT2D eigenvalue weighted by Crippen LogP contribution is -1.98. The quantitative estimate of drug-likeness (QED) is 0.687. The van der Waals surface area contributed by atoms with Crippen molar-refractivity contribution in [2.24, 2.45) is 0 Å². The van der Waals surface area contributed by atoms with Crippen molar-refractivity contribution in [3.63, 3.8) is 0 Å². The van der Waals surface area contributed by atoms with Crippen LogP contribution in [-0.2, 0) is 0 Å². The Balaban J connectivity index is 0.000000671. The van der Waals surface area contributed by atoms with Gasteiger partial charge in [-0.2, -0.15) is 0 Å². The molecule has 0 heterocycles. The van der Waals surface area contributed by atoms with Crippen molar-refractivity contribution in [1.82, 2.24) is 0 Å². The van der Waals surface area contributed by atoms with E-state index < -0.39 is 5.97 Å². The highest BCUT2D eigenvalue weighted by Crippen LogP contribution is 2.18. The summed E-state index contributed by atoms with van der Waals surface area (Å²) in [5.41, 5.74) is 5.77. The number of hydrogen-bond acceptors (Lipinski definition) is 2. The standard InChI is InChI=1S/C7H6ClNO2.C2H6/c8-6-2-1-4(9)3-5(6)7(10)11;1-2/h1-3H,9H2,(H,10,11);1-2H3. The summed E-state index contributed by atoms with van der Waals surface area (Å²) >= 11 is 5.55. The van der Waals surface area contributed by atoms with Crippen molar-refractivity contribution in [2.75, 3.05) is 5.73 Å². The fourth-order valence-electron chi connectivity index (χ4n) is 0.707. The molecular formula is C9H12ClNO2. The number of anilines is 1. The fraction of sp³-hybridized carbons (Fsp3) is 0.222. The minimum atomic E-state index is -1.07. The zero-order valence-electron chi connectivity index (χ0n) is 7.54. The number of carboxylic acid groups (broad SMARTS) is 1. The molecule has 0 atom stereocenters. The average molecular weight is 202 g/mol. The van der Waals surface area contributed by atoms with Crippen LogP contribution in [0.15, 0.2) is 18.2 Å². The molecule has 3 nitrogen and oxygen atoms in total. The van der Waals surface area contributed by atoms with Gasteiger partial charge in [-0.1, -0.05) is 25.4 Å². The molecule has 0 fully saturated rings. The Morgan fingerprint density at radius 3 is 2.38 bits per heavy atom. The molecule has 3 N–H and O–H groups in total. The largest absolute Gasteiger partial charge is 0.478 e. The van der Waals surface area contributed by atoms with Crippen molar-refractivity contribution in [3.8, 4) is 0 Å². The summed E-state index contributed by atoms with van der Waals surface area (Å²) in [4.78, 5) is 10.4. The first kappa shape index (κ1) is 11.8. The second-order valence-electron chi connectivity index (χ2n) is 2.04. The maximum atomic E-state index is 10.4. The number of nitrogen functional groups attached to an aromatic ring is 1. The smallest absolute Gasteiger partial charge is 0.337 e. The van der Waals surface area contributed by atoms with E-state index in [1.165, 1.54) is 12.1 Å². The van der Waals surface area contributed by atoms with Crippen LogP contribution >= 0.6 is 11.6 Å². The molecule has 0 aromatic heterocycles. The second kappa shape index (κ2) is 5.43. The average Bonchev–Trinajstić information content (AvgIpc) is 2.12. The number of benzene rings is 1. The number of aromatic carboxylic acids is 1. The molecule has 72 valence electrons. The van der Waals surface area contributed by atoms with Gasteiger partial charge in [0.15, 0.2) is 0 Å². The van der Waals surface area contributed by atoms with Gasteiger partial charge in [0.1, 0.15) is 0 Å². The molecule has 0 unspecified atom stereocenters. The minimum Gasteiger partial charge on any atom is -0.478 e. The lowest BCUT2D eigenvalue weighted by molar-refractivity contribution is 0.0697. The van der Waals surface area contributed by atoms with Crippen LogP contribution in [0.4, 0.5) is 5.69 Å². The molecule has 1 rings (SSSR count). The van der Waals surface area contributed by atoms with Gasteiger partial charge in [0.05, 0.1) is 10.6 Å². The maximum Gasteiger partial charge on any atom is 0.337 e. The molecule has 0 saturated carbocycles. The summed E-state index contributed by atoms with van der Waals surface area (Å²) in [6.45, 7) is 4.00. The highest BCUT2D eigenvalue weighted by molar-refractivity contribution is 6.33. The van der Waals surface area contributed by atoms with Crippen LogP contribution in [0.1, 0.15) is 24.2 Å². The van der Waals surface area contributed by atoms with Gasteiger partial charge < -0.3 is 10.8 Å². The summed E-state index contributed by atoms with van der Waals surface area (Å²) in [5, 5.41) is 8.75. The van der Waals surface area contributed by atoms with Gasteiger partial charge in [-0.25, -0.2) is 4.79 Å². The van der Waals surface area contributed by atoms with Gasteiger partial charge in [-0.15, -0.1) is 0 Å². The van der Waals surface area contributed by atoms with Gasteiger partial charge in [0.25, 0.3) is 0 Å². The summed E-state index contributed by atoms with van der Waals surface area (Å²) in [7, 11) is 0. The van der Waals surface area contributed by atoms with E-state index in [1.54, 1.807) is 6.07 Å². The Labute approximate surface area is 82.1 Å². The maximum absolute atomic E-state index is 10.4. The highest BCUT2D eigenvalue weighted by atomic mass is 35.5. The molecule has 0 amide bonds. The molecular weight excluding hydrogens is 190 g/mol. The van der Waals surface area contributed by atoms with Crippen molar-refractivity contribution in [1.29, 1.82) is 0 Å². The van der Waals surface area contributed by atoms with Crippen molar-refractivity contribution in [2.45, 2.75) is 13.8 Å². The third-order valence-corrected chi connectivity index (χ3v) is 1.55. The molecule has 0 aliphatic heterocycles. The van der Waals surface area contributed by atoms with Gasteiger partial charge in [-0.3, -0.25) is 0 Å². The molecule has 1 aromatic rings. The van der Waals surface area contributed by atoms with Crippen LogP contribution in [0.5, 0.6) is 0 Å². The Morgan fingerprint density at radius 1 is 1.46 bits per heavy atom. The number of rotatable bonds is 1. The molecule has 0 radical (unpaired) electrons. The fourth-order valence-corrected chi connectivity index (χ4v) is 0.905. The van der Waals surface area contributed by atoms with E-state index >= 15 is 0 Å². The Hall–Kier alpha value is -1.22. The second-order valence-corrected chi connectivity index (χ2v) is 2.45. The normalized spacial score (nSPS) is 8.54. The lowest BCUT2D eigenvalue weighted by atomic mass is 10.2. The summed E-state index contributed by atoms with van der Waals surface area (Å²) in [6, 6.07) is 4.33. The lowest BCUT2D eigenvalue weighted by Gasteiger charge is -1.98. The van der Waals surface area contributed by atoms with Crippen LogP contribution in [-0.4, -0.2) is 11.1 Å². The number of nitrogens with two attached hydrogens (primary N) is 1. The van der Waals surface area contributed by atoms with E-state index in [1.807, 2.05) is 13.8 Å². The molecule has 0 aliphatic carbocycles. The molecule has 0 spiro atoms. The predicted octanol–water partition coefficient (Wildman–Crippen LogP) is 2.65. The molecule has 0 aliphatic rings. The van der Waals surface area contributed by atoms with E-state index in [0.717, 1.165) is 0 Å². The molecule has 0 saturated heterocycles. The monoisotopic (exact) mass is 201 g/mol. The van der Waals surface area contributed by atoms with Crippen LogP contribution < -0.4 is 5.73 Å². The van der Waals surface area contributed by atoms with E-state index in [9.17, 15) is 4.79 Å². The SMILES string of the molecule is CC.Nc1ccc(Cl)c(C(=O)O)c1. The first-order valence-electron chi connectivity index (χ1n) is 3.89. The number of halogens is 1. The van der Waals surface area contributed by atoms with E-state index in [2.05, 4.69) is 0 Å². The van der Waals surface area contributed by atoms with E-state index in [4.69, 9.17) is 22.4 Å². The number of carbonyl (C=O) groups is 1. The highest BCUT2D eigenvalue weighted by Gasteiger charge is 2.07. The summed E-state index contributed by atoms with van der Waals surface area (Å²) in [5.74, 6) is -1.07. The minimum absolute atomic E-state index is 0.0340. The van der Waals surface area contributed by atoms with Crippen LogP contribution in [0, 0.1) is 0 Å². The van der Waals surface area contributed by atoms with Crippen molar-refractivity contribution in [3.05, 3.63) is 28.8 Å². The van der Waals surface area contributed by atoms with Gasteiger partial charge in [-0.05, 0) is 18.2 Å². The Bertz CT molecular complexity index is 300. The van der Waals surface area contributed by atoms with Gasteiger partial charge in [0.2, 0.25) is 0 Å².